The molecule has 0 atom stereocenters. The summed E-state index contributed by atoms with van der Waals surface area (Å²) < 4.78 is 7.19. The molecule has 3 heterocycles. The minimum Gasteiger partial charge on any atom is -0.463 e. The zero-order chi connectivity index (χ0) is 11.1. The van der Waals surface area contributed by atoms with Gasteiger partial charge in [-0.05, 0) is 13.0 Å². The van der Waals surface area contributed by atoms with Crippen LogP contribution in [0.2, 0.25) is 0 Å². The van der Waals surface area contributed by atoms with Gasteiger partial charge in [-0.2, -0.15) is 0 Å². The Morgan fingerprint density at radius 1 is 1.41 bits per heavy atom. The number of hydrogen-bond acceptors (Lipinski definition) is 3. The first-order valence-corrected chi connectivity index (χ1v) is 5.17. The largest absolute Gasteiger partial charge is 0.463 e. The Morgan fingerprint density at radius 3 is 3.00 bits per heavy atom. The standard InChI is InChI=1S/C12H10N2O2.Na/c1-2-14-5-3-10(15)8-7-11-9(4-6-16-11)13-12(8)14;/h3-7H,2H2,1H3;. The minimum absolute atomic E-state index is 0. The molecule has 3 aromatic heterocycles. The van der Waals surface area contributed by atoms with Crippen molar-refractivity contribution in [3.8, 4) is 0 Å². The van der Waals surface area contributed by atoms with Crippen LogP contribution in [0.25, 0.3) is 22.1 Å². The fraction of sp³-hybridized carbons (Fsp3) is 0.167. The van der Waals surface area contributed by atoms with Crippen molar-refractivity contribution in [1.29, 1.82) is 0 Å². The second kappa shape index (κ2) is 4.64. The Morgan fingerprint density at radius 2 is 2.24 bits per heavy atom. The van der Waals surface area contributed by atoms with E-state index in [0.29, 0.717) is 16.6 Å². The van der Waals surface area contributed by atoms with Gasteiger partial charge in [-0.1, -0.05) is 0 Å². The van der Waals surface area contributed by atoms with Crippen molar-refractivity contribution < 1.29 is 4.42 Å². The molecule has 0 bridgehead atoms. The van der Waals surface area contributed by atoms with E-state index in [-0.39, 0.29) is 35.0 Å². The number of aromatic nitrogens is 2. The van der Waals surface area contributed by atoms with E-state index in [2.05, 4.69) is 4.98 Å². The van der Waals surface area contributed by atoms with Crippen molar-refractivity contribution in [3.05, 3.63) is 40.9 Å². The van der Waals surface area contributed by atoms with Gasteiger partial charge >= 0.3 is 0 Å². The van der Waals surface area contributed by atoms with Crippen LogP contribution in [0.15, 0.2) is 39.9 Å². The normalized spacial score (nSPS) is 10.6. The molecular weight excluding hydrogens is 227 g/mol. The summed E-state index contributed by atoms with van der Waals surface area (Å²) in [5, 5.41) is 0.604. The molecule has 0 aliphatic carbocycles. The summed E-state index contributed by atoms with van der Waals surface area (Å²) in [6.07, 6.45) is 3.35. The predicted octanol–water partition coefficient (Wildman–Crippen LogP) is 1.78. The molecule has 0 unspecified atom stereocenters. The van der Waals surface area contributed by atoms with Gasteiger partial charge < -0.3 is 8.98 Å². The monoisotopic (exact) mass is 237 g/mol. The summed E-state index contributed by atoms with van der Waals surface area (Å²) in [6, 6.07) is 5.11. The Bertz CT molecular complexity index is 730. The molecule has 0 saturated heterocycles. The zero-order valence-corrected chi connectivity index (χ0v) is 11.8. The van der Waals surface area contributed by atoms with Gasteiger partial charge in [0.2, 0.25) is 0 Å². The second-order valence-corrected chi connectivity index (χ2v) is 3.63. The van der Waals surface area contributed by atoms with Crippen molar-refractivity contribution >= 4 is 51.7 Å². The molecule has 0 aliphatic heterocycles. The van der Waals surface area contributed by atoms with Gasteiger partial charge in [-0.25, -0.2) is 4.98 Å². The summed E-state index contributed by atoms with van der Waals surface area (Å²) >= 11 is 0. The maximum atomic E-state index is 11.7. The molecule has 3 rings (SSSR count). The fourth-order valence-corrected chi connectivity index (χ4v) is 1.86. The van der Waals surface area contributed by atoms with Crippen LogP contribution >= 0.6 is 0 Å². The Labute approximate surface area is 120 Å². The first-order valence-electron chi connectivity index (χ1n) is 5.17. The van der Waals surface area contributed by atoms with E-state index in [9.17, 15) is 4.79 Å². The number of hydrogen-bond donors (Lipinski definition) is 0. The van der Waals surface area contributed by atoms with Crippen LogP contribution in [0.3, 0.4) is 0 Å². The van der Waals surface area contributed by atoms with Crippen LogP contribution in [0.4, 0.5) is 0 Å². The van der Waals surface area contributed by atoms with Crippen LogP contribution in [-0.2, 0) is 6.54 Å². The number of fused-ring (bicyclic) bond motifs is 2. The molecular formula is C12H10N2NaO2. The Hall–Kier alpha value is -1.10. The molecule has 0 aromatic carbocycles. The van der Waals surface area contributed by atoms with Crippen LogP contribution in [0, 0.1) is 0 Å². The Kier molecular flexibility index (Phi) is 3.38. The molecule has 0 aliphatic rings. The number of aryl methyl sites for hydroxylation is 1. The topological polar surface area (TPSA) is 48.0 Å². The van der Waals surface area contributed by atoms with E-state index in [4.69, 9.17) is 4.42 Å². The molecule has 0 spiro atoms. The van der Waals surface area contributed by atoms with Gasteiger partial charge in [0.15, 0.2) is 11.0 Å². The first kappa shape index (κ1) is 12.4. The zero-order valence-electron chi connectivity index (χ0n) is 9.80. The van der Waals surface area contributed by atoms with Gasteiger partial charge in [-0.3, -0.25) is 4.79 Å². The van der Waals surface area contributed by atoms with Crippen LogP contribution < -0.4 is 5.43 Å². The quantitative estimate of drug-likeness (QED) is 0.606. The van der Waals surface area contributed by atoms with Crippen molar-refractivity contribution in [2.45, 2.75) is 13.5 Å². The molecule has 5 heteroatoms. The van der Waals surface area contributed by atoms with E-state index in [0.717, 1.165) is 12.1 Å². The van der Waals surface area contributed by atoms with E-state index < -0.39 is 0 Å². The molecule has 3 aromatic rings. The van der Waals surface area contributed by atoms with E-state index >= 15 is 0 Å². The molecule has 4 nitrogen and oxygen atoms in total. The maximum absolute atomic E-state index is 11.7. The predicted molar refractivity (Wildman–Crippen MR) is 67.2 cm³/mol. The number of rotatable bonds is 1. The van der Waals surface area contributed by atoms with Crippen LogP contribution in [-0.4, -0.2) is 39.1 Å². The molecule has 0 N–H and O–H groups in total. The summed E-state index contributed by atoms with van der Waals surface area (Å²) in [7, 11) is 0. The third-order valence-corrected chi connectivity index (χ3v) is 2.70. The molecule has 0 amide bonds. The second-order valence-electron chi connectivity index (χ2n) is 3.63. The number of nitrogens with zero attached hydrogens (tertiary/aromatic N) is 2. The summed E-state index contributed by atoms with van der Waals surface area (Å²) in [5.41, 5.74) is 2.12. The molecule has 81 valence electrons. The van der Waals surface area contributed by atoms with E-state index in [1.807, 2.05) is 11.5 Å². The van der Waals surface area contributed by atoms with Crippen molar-refractivity contribution in [3.63, 3.8) is 0 Å². The van der Waals surface area contributed by atoms with Crippen molar-refractivity contribution in [2.24, 2.45) is 0 Å². The molecule has 1 radical (unpaired) electrons. The average Bonchev–Trinajstić information content (AvgIpc) is 2.75. The van der Waals surface area contributed by atoms with Gasteiger partial charge in [0.1, 0.15) is 11.2 Å². The van der Waals surface area contributed by atoms with Gasteiger partial charge in [-0.15, -0.1) is 0 Å². The van der Waals surface area contributed by atoms with E-state index in [1.54, 1.807) is 30.7 Å². The summed E-state index contributed by atoms with van der Waals surface area (Å²) in [4.78, 5) is 16.2. The third-order valence-electron chi connectivity index (χ3n) is 2.70. The molecule has 0 fully saturated rings. The maximum Gasteiger partial charge on any atom is 0.191 e. The van der Waals surface area contributed by atoms with E-state index in [1.165, 1.54) is 0 Å². The summed E-state index contributed by atoms with van der Waals surface area (Å²) in [6.45, 7) is 2.80. The smallest absolute Gasteiger partial charge is 0.191 e. The third kappa shape index (κ3) is 1.92. The molecule has 0 saturated carbocycles. The molecule has 17 heavy (non-hydrogen) atoms. The van der Waals surface area contributed by atoms with Crippen molar-refractivity contribution in [2.75, 3.05) is 0 Å². The fourth-order valence-electron chi connectivity index (χ4n) is 1.86. The number of pyridine rings is 2. The average molecular weight is 237 g/mol. The summed E-state index contributed by atoms with van der Waals surface area (Å²) in [5.74, 6) is 0. The SMILES string of the molecule is CCn1ccc(=O)c2cc3occc3nc21.[Na]. The Balaban J connectivity index is 0.00000108. The van der Waals surface area contributed by atoms with Crippen molar-refractivity contribution in [1.82, 2.24) is 9.55 Å². The minimum atomic E-state index is -0.0227. The van der Waals surface area contributed by atoms with Crippen LogP contribution in [0.1, 0.15) is 6.92 Å². The number of furan rings is 1. The van der Waals surface area contributed by atoms with Gasteiger partial charge in [0, 0.05) is 54.4 Å². The first-order chi connectivity index (χ1) is 7.79. The van der Waals surface area contributed by atoms with Crippen LogP contribution in [0.5, 0.6) is 0 Å². The van der Waals surface area contributed by atoms with Gasteiger partial charge in [0.25, 0.3) is 0 Å². The van der Waals surface area contributed by atoms with Gasteiger partial charge in [0.05, 0.1) is 11.6 Å².